The number of methoxy groups -OCH3 is 1. The molecule has 0 radical (unpaired) electrons. The van der Waals surface area contributed by atoms with Crippen LogP contribution in [-0.4, -0.2) is 36.9 Å². The van der Waals surface area contributed by atoms with Crippen LogP contribution in [0, 0.1) is 10.8 Å². The van der Waals surface area contributed by atoms with Crippen LogP contribution in [0.2, 0.25) is 5.02 Å². The zero-order valence-electron chi connectivity index (χ0n) is 15.5. The Bertz CT molecular complexity index is 900. The van der Waals surface area contributed by atoms with Gasteiger partial charge in [-0.05, 0) is 42.0 Å². The second-order valence-corrected chi connectivity index (χ2v) is 6.31. The smallest absolute Gasteiger partial charge is 0.319 e. The van der Waals surface area contributed by atoms with Crippen LogP contribution in [0.5, 0.6) is 5.75 Å². The molecule has 0 aliphatic heterocycles. The van der Waals surface area contributed by atoms with Gasteiger partial charge in [-0.15, -0.1) is 0 Å². The monoisotopic (exact) mass is 417 g/mol. The molecule has 1 unspecified atom stereocenters. The van der Waals surface area contributed by atoms with Crippen molar-refractivity contribution in [1.82, 2.24) is 5.32 Å². The first kappa shape index (κ1) is 21.7. The van der Waals surface area contributed by atoms with E-state index in [-0.39, 0.29) is 6.42 Å². The molecular weight excluding hydrogens is 398 g/mol. The average Bonchev–Trinajstić information content (AvgIpc) is 2.69. The van der Waals surface area contributed by atoms with E-state index in [1.165, 1.54) is 0 Å². The van der Waals surface area contributed by atoms with E-state index in [4.69, 9.17) is 37.6 Å². The molecule has 9 nitrogen and oxygen atoms in total. The molecule has 0 aliphatic carbocycles. The summed E-state index contributed by atoms with van der Waals surface area (Å²) in [6.45, 7) is 0. The zero-order valence-corrected chi connectivity index (χ0v) is 16.2. The molecule has 0 saturated heterocycles. The fourth-order valence-corrected chi connectivity index (χ4v) is 2.42. The molecule has 0 spiro atoms. The van der Waals surface area contributed by atoms with E-state index in [1.54, 1.807) is 55.6 Å². The number of hydrogen-bond acceptors (Lipinski definition) is 6. The number of nitrogens with one attached hydrogen (secondary N) is 4. The van der Waals surface area contributed by atoms with Crippen LogP contribution in [0.1, 0.15) is 5.56 Å². The largest absolute Gasteiger partial charge is 0.497 e. The first-order valence-electron chi connectivity index (χ1n) is 8.39. The molecule has 29 heavy (non-hydrogen) atoms. The van der Waals surface area contributed by atoms with Crippen molar-refractivity contribution in [2.24, 2.45) is 5.73 Å². The van der Waals surface area contributed by atoms with Gasteiger partial charge in [-0.25, -0.2) is 4.79 Å². The second-order valence-electron chi connectivity index (χ2n) is 5.87. The summed E-state index contributed by atoms with van der Waals surface area (Å²) in [7, 11) is 1.54. The Morgan fingerprint density at radius 2 is 1.72 bits per heavy atom. The molecular formula is C19H20ClN5O4. The number of primary amides is 1. The van der Waals surface area contributed by atoms with Crippen LogP contribution in [0.4, 0.5) is 10.5 Å². The number of halogens is 1. The molecule has 0 heterocycles. The van der Waals surface area contributed by atoms with Gasteiger partial charge in [0.1, 0.15) is 11.8 Å². The molecule has 2 aromatic carbocycles. The van der Waals surface area contributed by atoms with Gasteiger partial charge >= 0.3 is 11.9 Å². The molecule has 3 amide bonds. The highest BCUT2D eigenvalue weighted by atomic mass is 35.5. The summed E-state index contributed by atoms with van der Waals surface area (Å²) in [6.07, 6.45) is 0.170. The molecule has 0 bridgehead atoms. The van der Waals surface area contributed by atoms with Crippen molar-refractivity contribution in [3.8, 4) is 5.75 Å². The number of rotatable bonds is 6. The van der Waals surface area contributed by atoms with Gasteiger partial charge in [0.05, 0.1) is 7.11 Å². The zero-order chi connectivity index (χ0) is 21.4. The predicted molar refractivity (Wildman–Crippen MR) is 110 cm³/mol. The number of carbonyl (C=O) groups is 2. The van der Waals surface area contributed by atoms with Gasteiger partial charge in [-0.3, -0.25) is 15.6 Å². The van der Waals surface area contributed by atoms with E-state index in [0.717, 1.165) is 5.56 Å². The third kappa shape index (κ3) is 6.82. The third-order valence-electron chi connectivity index (χ3n) is 3.76. The fraction of sp³-hybridized carbons (Fsp3) is 0.158. The minimum absolute atomic E-state index is 0.170. The average molecular weight is 418 g/mol. The molecule has 0 aromatic heterocycles. The van der Waals surface area contributed by atoms with E-state index in [1.807, 2.05) is 0 Å². The summed E-state index contributed by atoms with van der Waals surface area (Å²) in [5, 5.41) is 21.1. The fourth-order valence-electron chi connectivity index (χ4n) is 2.30. The lowest BCUT2D eigenvalue weighted by Gasteiger charge is -2.20. The number of ether oxygens (including phenoxy) is 2. The molecule has 152 valence electrons. The molecule has 0 aliphatic rings. The Morgan fingerprint density at radius 3 is 2.28 bits per heavy atom. The summed E-state index contributed by atoms with van der Waals surface area (Å²) in [5.41, 5.74) is 6.23. The van der Waals surface area contributed by atoms with Crippen molar-refractivity contribution in [3.63, 3.8) is 0 Å². The van der Waals surface area contributed by atoms with Crippen LogP contribution in [0.3, 0.4) is 0 Å². The van der Waals surface area contributed by atoms with E-state index in [0.29, 0.717) is 16.5 Å². The van der Waals surface area contributed by atoms with Crippen molar-refractivity contribution in [2.75, 3.05) is 12.4 Å². The number of benzene rings is 2. The number of urea groups is 1. The second kappa shape index (κ2) is 10.1. The number of amides is 3. The quantitative estimate of drug-likeness (QED) is 0.362. The first-order valence-corrected chi connectivity index (χ1v) is 8.77. The topological polar surface area (TPSA) is 150 Å². The minimum atomic E-state index is -1.12. The van der Waals surface area contributed by atoms with Crippen molar-refractivity contribution in [3.05, 3.63) is 59.1 Å². The Morgan fingerprint density at radius 1 is 1.10 bits per heavy atom. The summed E-state index contributed by atoms with van der Waals surface area (Å²) in [4.78, 5) is 23.4. The normalized spacial score (nSPS) is 11.1. The highest BCUT2D eigenvalue weighted by molar-refractivity contribution is 6.35. The maximum absolute atomic E-state index is 12.3. The third-order valence-corrected chi connectivity index (χ3v) is 4.01. The van der Waals surface area contributed by atoms with Gasteiger partial charge in [0, 0.05) is 17.1 Å². The summed E-state index contributed by atoms with van der Waals surface area (Å²) in [5.74, 6) is -1.87. The predicted octanol–water partition coefficient (Wildman–Crippen LogP) is 2.54. The summed E-state index contributed by atoms with van der Waals surface area (Å²) >= 11 is 5.82. The lowest BCUT2D eigenvalue weighted by molar-refractivity contribution is -0.113. The lowest BCUT2D eigenvalue weighted by atomic mass is 10.1. The molecule has 2 aromatic rings. The van der Waals surface area contributed by atoms with Gasteiger partial charge in [0.15, 0.2) is 0 Å². The highest BCUT2D eigenvalue weighted by Gasteiger charge is 2.22. The highest BCUT2D eigenvalue weighted by Crippen LogP contribution is 2.15. The number of carbonyl (C=O) groups excluding carboxylic acids is 2. The van der Waals surface area contributed by atoms with E-state index in [9.17, 15) is 9.59 Å². The molecule has 10 heteroatoms. The molecule has 0 saturated carbocycles. The van der Waals surface area contributed by atoms with E-state index < -0.39 is 29.8 Å². The SMILES string of the molecule is COc1ccc(CC(NC(=O)Nc2ccc(Cl)cc2)C(=N)OC(=N)C(N)=O)cc1. The molecule has 2 rings (SSSR count). The van der Waals surface area contributed by atoms with Crippen LogP contribution in [0.25, 0.3) is 0 Å². The summed E-state index contributed by atoms with van der Waals surface area (Å²) in [6, 6.07) is 11.9. The van der Waals surface area contributed by atoms with Gasteiger partial charge in [-0.1, -0.05) is 23.7 Å². The maximum atomic E-state index is 12.3. The van der Waals surface area contributed by atoms with Crippen LogP contribution in [-0.2, 0) is 16.0 Å². The van der Waals surface area contributed by atoms with Crippen LogP contribution in [0.15, 0.2) is 48.5 Å². The van der Waals surface area contributed by atoms with Crippen molar-refractivity contribution in [1.29, 1.82) is 10.8 Å². The van der Waals surface area contributed by atoms with Crippen molar-refractivity contribution >= 4 is 41.0 Å². The van der Waals surface area contributed by atoms with Gasteiger partial charge in [0.25, 0.3) is 5.90 Å². The van der Waals surface area contributed by atoms with E-state index in [2.05, 4.69) is 10.6 Å². The Labute approximate surface area is 172 Å². The number of anilines is 1. The van der Waals surface area contributed by atoms with Crippen LogP contribution < -0.4 is 21.1 Å². The Hall–Kier alpha value is -3.59. The van der Waals surface area contributed by atoms with Crippen molar-refractivity contribution in [2.45, 2.75) is 12.5 Å². The Kier molecular flexibility index (Phi) is 7.55. The standard InChI is InChI=1S/C19H20ClN5O4/c1-28-14-8-2-11(3-9-14)10-15(17(22)29-18(23)16(21)26)25-19(27)24-13-6-4-12(20)5-7-13/h2-9,15,22-23H,10H2,1H3,(H2,21,26)(H2,24,25,27). The first-order chi connectivity index (χ1) is 13.8. The number of nitrogens with two attached hydrogens (primary N) is 1. The van der Waals surface area contributed by atoms with Gasteiger partial charge in [0.2, 0.25) is 5.90 Å². The Balaban J connectivity index is 2.12. The molecule has 0 fully saturated rings. The number of hydrogen-bond donors (Lipinski definition) is 5. The van der Waals surface area contributed by atoms with Crippen molar-refractivity contribution < 1.29 is 19.1 Å². The molecule has 6 N–H and O–H groups in total. The van der Waals surface area contributed by atoms with E-state index >= 15 is 0 Å². The maximum Gasteiger partial charge on any atom is 0.319 e. The minimum Gasteiger partial charge on any atom is -0.497 e. The van der Waals surface area contributed by atoms with Gasteiger partial charge < -0.3 is 25.8 Å². The lowest BCUT2D eigenvalue weighted by Crippen LogP contribution is -2.46. The van der Waals surface area contributed by atoms with Crippen LogP contribution >= 0.6 is 11.6 Å². The van der Waals surface area contributed by atoms with Gasteiger partial charge in [-0.2, -0.15) is 0 Å². The molecule has 1 atom stereocenters. The summed E-state index contributed by atoms with van der Waals surface area (Å²) < 4.78 is 9.97.